The topological polar surface area (TPSA) is 12.9 Å². The maximum Gasteiger partial charge on any atom is 0.124 e. The molecule has 8 aromatic rings. The molecule has 1 unspecified atom stereocenters. The zero-order chi connectivity index (χ0) is 28.0. The average molecular weight is 572 g/mol. The fourth-order valence-corrected chi connectivity index (χ4v) is 7.21. The number of aromatic nitrogens is 1. The predicted octanol–water partition coefficient (Wildman–Crippen LogP) is 10.8. The third kappa shape index (κ3) is 4.50. The van der Waals surface area contributed by atoms with E-state index in [1.54, 1.807) is 11.3 Å². The zero-order valence-corrected chi connectivity index (χ0v) is 24.8. The van der Waals surface area contributed by atoms with Crippen molar-refractivity contribution in [3.8, 4) is 44.5 Å². The van der Waals surface area contributed by atoms with E-state index < -0.39 is 0 Å². The van der Waals surface area contributed by atoms with Crippen molar-refractivity contribution in [2.24, 2.45) is 0 Å². The molecular weight excluding hydrogens is 545 g/mol. The standard InChI is InChI=1S/C39H26NPS/c41-34-20-18-26(19-21-34)25-6-8-27(9-7-25)31-16-12-29-13-17-32(24-33(29)23-31)28-10-14-30(15-11-28)35-3-1-4-36-37-5-2-22-40-39(37)42-38(35)36/h1-24H,41H2. The summed E-state index contributed by atoms with van der Waals surface area (Å²) < 4.78 is 1.29. The first kappa shape index (κ1) is 25.1. The van der Waals surface area contributed by atoms with E-state index >= 15 is 0 Å². The quantitative estimate of drug-likeness (QED) is 0.192. The van der Waals surface area contributed by atoms with Crippen molar-refractivity contribution in [1.82, 2.24) is 4.98 Å². The molecule has 3 heteroatoms. The molecule has 42 heavy (non-hydrogen) atoms. The Labute approximate surface area is 251 Å². The Morgan fingerprint density at radius 3 is 1.62 bits per heavy atom. The lowest BCUT2D eigenvalue weighted by atomic mass is 9.95. The lowest BCUT2D eigenvalue weighted by molar-refractivity contribution is 1.45. The predicted molar refractivity (Wildman–Crippen MR) is 186 cm³/mol. The second-order valence-electron chi connectivity index (χ2n) is 10.7. The summed E-state index contributed by atoms with van der Waals surface area (Å²) in [4.78, 5) is 5.69. The van der Waals surface area contributed by atoms with Crippen LogP contribution in [0.4, 0.5) is 0 Å². The summed E-state index contributed by atoms with van der Waals surface area (Å²) in [6.45, 7) is 0. The third-order valence-corrected chi connectivity index (χ3v) is 9.65. The minimum absolute atomic E-state index is 1.09. The van der Waals surface area contributed by atoms with Gasteiger partial charge in [0.25, 0.3) is 0 Å². The van der Waals surface area contributed by atoms with E-state index in [-0.39, 0.29) is 0 Å². The maximum atomic E-state index is 4.59. The van der Waals surface area contributed by atoms with Gasteiger partial charge in [0.15, 0.2) is 0 Å². The fraction of sp³-hybridized carbons (Fsp3) is 0. The van der Waals surface area contributed by atoms with Crippen LogP contribution in [0, 0.1) is 0 Å². The van der Waals surface area contributed by atoms with Crippen molar-refractivity contribution in [3.63, 3.8) is 0 Å². The van der Waals surface area contributed by atoms with Crippen molar-refractivity contribution in [1.29, 1.82) is 0 Å². The van der Waals surface area contributed by atoms with E-state index in [1.165, 1.54) is 76.1 Å². The van der Waals surface area contributed by atoms with Gasteiger partial charge in [0, 0.05) is 21.7 Å². The number of fused-ring (bicyclic) bond motifs is 4. The SMILES string of the molecule is Pc1ccc(-c2ccc(-c3ccc4ccc(-c5ccc(-c6cccc7c6sc6ncccc67)cc5)cc4c3)cc2)cc1. The minimum atomic E-state index is 1.09. The van der Waals surface area contributed by atoms with E-state index in [0.29, 0.717) is 0 Å². The molecule has 0 fully saturated rings. The molecule has 0 aliphatic carbocycles. The van der Waals surface area contributed by atoms with Crippen molar-refractivity contribution in [2.75, 3.05) is 0 Å². The molecule has 2 aromatic heterocycles. The highest BCUT2D eigenvalue weighted by atomic mass is 32.1. The van der Waals surface area contributed by atoms with E-state index in [4.69, 9.17) is 0 Å². The Bertz CT molecular complexity index is 2230. The lowest BCUT2D eigenvalue weighted by Crippen LogP contribution is -1.88. The van der Waals surface area contributed by atoms with Crippen LogP contribution in [0.3, 0.4) is 0 Å². The van der Waals surface area contributed by atoms with Crippen LogP contribution in [0.25, 0.3) is 75.6 Å². The smallest absolute Gasteiger partial charge is 0.124 e. The van der Waals surface area contributed by atoms with E-state index in [2.05, 4.69) is 148 Å². The summed E-state index contributed by atoms with van der Waals surface area (Å²) in [6, 6.07) is 50.7. The Kier molecular flexibility index (Phi) is 6.18. The highest BCUT2D eigenvalue weighted by Crippen LogP contribution is 2.39. The van der Waals surface area contributed by atoms with Crippen LogP contribution in [0.1, 0.15) is 0 Å². The van der Waals surface area contributed by atoms with Crippen LogP contribution in [0.5, 0.6) is 0 Å². The Balaban J connectivity index is 1.10. The number of hydrogen-bond acceptors (Lipinski definition) is 2. The van der Waals surface area contributed by atoms with E-state index in [9.17, 15) is 0 Å². The van der Waals surface area contributed by atoms with Crippen LogP contribution in [-0.4, -0.2) is 4.98 Å². The largest absolute Gasteiger partial charge is 0.245 e. The summed E-state index contributed by atoms with van der Waals surface area (Å²) in [5, 5.41) is 6.20. The minimum Gasteiger partial charge on any atom is -0.245 e. The van der Waals surface area contributed by atoms with Crippen LogP contribution >= 0.6 is 20.6 Å². The number of benzene rings is 6. The molecule has 8 rings (SSSR count). The van der Waals surface area contributed by atoms with Crippen LogP contribution in [0.2, 0.25) is 0 Å². The second kappa shape index (κ2) is 10.3. The molecule has 0 radical (unpaired) electrons. The van der Waals surface area contributed by atoms with Gasteiger partial charge in [-0.25, -0.2) is 4.98 Å². The lowest BCUT2D eigenvalue weighted by Gasteiger charge is -2.09. The van der Waals surface area contributed by atoms with Crippen molar-refractivity contribution >= 4 is 57.0 Å². The molecule has 0 saturated heterocycles. The third-order valence-electron chi connectivity index (χ3n) is 8.11. The van der Waals surface area contributed by atoms with E-state index in [0.717, 1.165) is 4.83 Å². The van der Waals surface area contributed by atoms with Gasteiger partial charge < -0.3 is 0 Å². The molecule has 0 bridgehead atoms. The van der Waals surface area contributed by atoms with Gasteiger partial charge in [-0.2, -0.15) is 0 Å². The summed E-state index contributed by atoms with van der Waals surface area (Å²) in [7, 11) is 2.75. The molecule has 0 aliphatic rings. The molecular formula is C39H26NPS. The number of hydrogen-bond donors (Lipinski definition) is 0. The molecule has 0 N–H and O–H groups in total. The van der Waals surface area contributed by atoms with Gasteiger partial charge in [-0.15, -0.1) is 20.6 Å². The first-order valence-electron chi connectivity index (χ1n) is 14.1. The number of nitrogens with zero attached hydrogens (tertiary/aromatic N) is 1. The van der Waals surface area contributed by atoms with Gasteiger partial charge in [0.05, 0.1) is 0 Å². The summed E-state index contributed by atoms with van der Waals surface area (Å²) >= 11 is 1.77. The van der Waals surface area contributed by atoms with Crippen molar-refractivity contribution in [3.05, 3.63) is 146 Å². The van der Waals surface area contributed by atoms with Gasteiger partial charge in [-0.3, -0.25) is 0 Å². The number of rotatable bonds is 4. The Hall–Kier alpha value is -4.62. The summed E-state index contributed by atoms with van der Waals surface area (Å²) in [5.41, 5.74) is 9.86. The van der Waals surface area contributed by atoms with Crippen LogP contribution in [-0.2, 0) is 0 Å². The monoisotopic (exact) mass is 571 g/mol. The molecule has 0 spiro atoms. The molecule has 2 heterocycles. The van der Waals surface area contributed by atoms with Gasteiger partial charge in [0.2, 0.25) is 0 Å². The molecule has 0 aliphatic heterocycles. The van der Waals surface area contributed by atoms with Crippen molar-refractivity contribution in [2.45, 2.75) is 0 Å². The maximum absolute atomic E-state index is 4.59. The van der Waals surface area contributed by atoms with Crippen LogP contribution in [0.15, 0.2) is 146 Å². The molecule has 198 valence electrons. The van der Waals surface area contributed by atoms with Gasteiger partial charge >= 0.3 is 0 Å². The molecule has 6 aromatic carbocycles. The van der Waals surface area contributed by atoms with E-state index in [1.807, 2.05) is 12.3 Å². The Morgan fingerprint density at radius 1 is 0.452 bits per heavy atom. The first-order chi connectivity index (χ1) is 20.7. The van der Waals surface area contributed by atoms with Gasteiger partial charge in [0.1, 0.15) is 4.83 Å². The van der Waals surface area contributed by atoms with Crippen molar-refractivity contribution < 1.29 is 0 Å². The van der Waals surface area contributed by atoms with Gasteiger partial charge in [-0.05, 0) is 84.9 Å². The second-order valence-corrected chi connectivity index (χ2v) is 12.4. The summed E-state index contributed by atoms with van der Waals surface area (Å²) in [5.74, 6) is 0. The normalized spacial score (nSPS) is 11.5. The highest BCUT2D eigenvalue weighted by molar-refractivity contribution is 7.27. The number of thiophene rings is 1. The molecule has 1 nitrogen and oxygen atoms in total. The molecule has 1 atom stereocenters. The average Bonchev–Trinajstić information content (AvgIpc) is 3.44. The Morgan fingerprint density at radius 2 is 0.976 bits per heavy atom. The highest BCUT2D eigenvalue weighted by Gasteiger charge is 2.11. The van der Waals surface area contributed by atoms with Gasteiger partial charge in [-0.1, -0.05) is 115 Å². The number of pyridine rings is 1. The van der Waals surface area contributed by atoms with Crippen LogP contribution < -0.4 is 5.30 Å². The zero-order valence-electron chi connectivity index (χ0n) is 22.8. The molecule has 0 amide bonds. The first-order valence-corrected chi connectivity index (χ1v) is 15.5. The molecule has 0 saturated carbocycles. The fourth-order valence-electron chi connectivity index (χ4n) is 5.84. The summed E-state index contributed by atoms with van der Waals surface area (Å²) in [6.07, 6.45) is 1.88.